The van der Waals surface area contributed by atoms with Crippen LogP contribution in [0.4, 0.5) is 19.9 Å². The van der Waals surface area contributed by atoms with E-state index < -0.39 is 143 Å². The molecule has 5 aliphatic heterocycles. The second kappa shape index (κ2) is 41.3. The van der Waals surface area contributed by atoms with Crippen molar-refractivity contribution in [2.45, 2.75) is 287 Å². The lowest BCUT2D eigenvalue weighted by molar-refractivity contribution is -0.146. The number of ether oxygens (including phenoxy) is 4. The fourth-order valence-electron chi connectivity index (χ4n) is 18.3. The van der Waals surface area contributed by atoms with E-state index in [4.69, 9.17) is 38.9 Å². The quantitative estimate of drug-likeness (QED) is 0.0269. The number of carboxylic acids is 2. The predicted octanol–water partition coefficient (Wildman–Crippen LogP) is 12.6. The number of likely N-dealkylation sites (N-methyl/N-ethyl adjacent to an activating group) is 1. The van der Waals surface area contributed by atoms with Crippen LogP contribution in [0.2, 0.25) is 0 Å². The highest BCUT2D eigenvalue weighted by molar-refractivity contribution is 7.89. The van der Waals surface area contributed by atoms with Crippen LogP contribution in [-0.4, -0.2) is 244 Å². The lowest BCUT2D eigenvalue weighted by atomic mass is 9.86. The number of sulfonamides is 2. The van der Waals surface area contributed by atoms with Gasteiger partial charge in [-0.2, -0.15) is 4.31 Å². The maximum absolute atomic E-state index is 15.1. The number of thiazole rings is 2. The molecule has 132 heavy (non-hydrogen) atoms. The van der Waals surface area contributed by atoms with Crippen LogP contribution in [0.5, 0.6) is 23.0 Å². The summed E-state index contributed by atoms with van der Waals surface area (Å²) < 4.78 is 80.8. The Kier molecular flexibility index (Phi) is 31.0. The minimum Gasteiger partial charge on any atom is -0.497 e. The number of fused-ring (bicyclic) bond motifs is 7. The Balaban J connectivity index is 0.000000225. The standard InChI is InChI=1S/C49H64N8O9S2.C45H66N8O9S2/c1-29(2)50-47-53-38(28-67-47)37-24-40(34-19-18-32(65-6)22-36(34)51-37)66-33-23-39-43(58)55-49(45(60)61)25-31(49)15-10-8-7-9-11-16-35(44(59)57(39)26-33)52-46(62)54-42(48(3,4)5)27-56-21-20-30-14-12-13-17-41(30)68(56,63)64;1-26(2)46-43-49-35(25-63-43)34-21-37(31-18-17-29(61-9)19-33(31)47-34)62-30-20-36-39(54)51-45(41(56)57)22-28(45)15-13-11-10-12-14-16-32(40(55)53(36)23-30)48-42(58)50-38(44(5,6)7)24-52(8)64(59,60)27(3)4/h12-14,17-19,22,24,28-29,31,33,35,39,42H,7-11,15-16,20-21,23,25-27H2,1-6H3,(H,50,53)(H,55,58)(H,60,61)(H2,52,54,62);17-19,21,25-28,30,32,36,38H,10-16,20,22-24H2,1-9H3,(H,46,49)(H,51,54)(H,56,57)(H2,48,50,58)/t31?,33-,35+,39+,42-,49-;28?,30-,32+,36+,38-,45-/m11/s1. The number of aromatic nitrogens is 4. The van der Waals surface area contributed by atoms with Gasteiger partial charge in [-0.25, -0.2) is 60.3 Å². The number of urea groups is 2. The van der Waals surface area contributed by atoms with Crippen molar-refractivity contribution < 1.29 is 84.4 Å². The first kappa shape index (κ1) is 99.2. The van der Waals surface area contributed by atoms with Gasteiger partial charge in [-0.3, -0.25) is 19.2 Å². The summed E-state index contributed by atoms with van der Waals surface area (Å²) in [5, 5.41) is 51.0. The minimum atomic E-state index is -3.83. The Bertz CT molecular complexity index is 5620. The first-order chi connectivity index (χ1) is 62.5. The second-order valence-electron chi connectivity index (χ2n) is 39.2. The average molecular weight is 1900 g/mol. The number of amides is 8. The van der Waals surface area contributed by atoms with Gasteiger partial charge in [-0.1, -0.05) is 124 Å². The highest BCUT2D eigenvalue weighted by Crippen LogP contribution is 2.50. The molecule has 12 atom stereocenters. The monoisotopic (exact) mass is 1900 g/mol. The molecule has 9 heterocycles. The smallest absolute Gasteiger partial charge is 0.329 e. The maximum atomic E-state index is 15.1. The molecule has 2 saturated carbocycles. The molecule has 14 rings (SSSR count). The van der Waals surface area contributed by atoms with E-state index in [0.717, 1.165) is 67.2 Å². The summed E-state index contributed by atoms with van der Waals surface area (Å²) in [5.74, 6) is -2.77. The SMILES string of the molecule is COc1ccc2c(O[C@@H]3C[C@H]4C(=O)N[C@]5(C(=O)O)CC5CCCCCCC[C@H](NC(=O)N[C@H](CN(C)S(=O)(=O)C(C)C)C(C)(C)C)C(=O)N4C3)cc(-c3csc(NC(C)C)n3)nc2c1.COc1ccc2c(O[C@@H]3C[C@H]4C(=O)N[C@]5(C(=O)O)CC5CCCCCCC[C@H](NC(=O)N[C@H](CN5CCc6ccccc6S5(=O)=O)C(C)(C)C)C(=O)N4C3)cc(-c3csc(NC(C)C)n3)nc2c1. The van der Waals surface area contributed by atoms with Crippen molar-refractivity contribution >= 4 is 122 Å². The highest BCUT2D eigenvalue weighted by atomic mass is 32.2. The van der Waals surface area contributed by atoms with Gasteiger partial charge in [-0.15, -0.1) is 22.7 Å². The van der Waals surface area contributed by atoms with Gasteiger partial charge >= 0.3 is 24.0 Å². The molecule has 34 nitrogen and oxygen atoms in total. The van der Waals surface area contributed by atoms with Gasteiger partial charge in [0.25, 0.3) is 0 Å². The number of methoxy groups -OCH3 is 2. The van der Waals surface area contributed by atoms with E-state index >= 15 is 4.79 Å². The highest BCUT2D eigenvalue weighted by Gasteiger charge is 2.64. The number of carboxylic acid groups (broad SMARTS) is 2. The van der Waals surface area contributed by atoms with Gasteiger partial charge in [0.05, 0.1) is 59.9 Å². The third kappa shape index (κ3) is 23.2. The number of hydrogen-bond donors (Lipinski definition) is 10. The van der Waals surface area contributed by atoms with Gasteiger partial charge in [-0.05, 0) is 145 Å². The summed E-state index contributed by atoms with van der Waals surface area (Å²) in [6, 6.07) is 14.8. The molecule has 38 heteroatoms. The Morgan fingerprint density at radius 2 is 1.01 bits per heavy atom. The number of benzene rings is 3. The Morgan fingerprint density at radius 1 is 0.583 bits per heavy atom. The molecule has 0 bridgehead atoms. The molecular weight excluding hydrogens is 1770 g/mol. The van der Waals surface area contributed by atoms with Crippen molar-refractivity contribution in [3.8, 4) is 45.8 Å². The molecule has 0 radical (unpaired) electrons. The topological polar surface area (TPSA) is 443 Å². The van der Waals surface area contributed by atoms with Crippen LogP contribution >= 0.6 is 22.7 Å². The molecule has 2 unspecified atom stereocenters. The Labute approximate surface area is 781 Å². The van der Waals surface area contributed by atoms with Crippen LogP contribution in [0.15, 0.2) is 88.5 Å². The molecule has 0 spiro atoms. The van der Waals surface area contributed by atoms with Crippen molar-refractivity contribution in [2.75, 3.05) is 64.6 Å². The molecule has 4 aromatic heterocycles. The Morgan fingerprint density at radius 3 is 1.42 bits per heavy atom. The molecule has 8 amide bonds. The van der Waals surface area contributed by atoms with Crippen molar-refractivity contribution in [3.63, 3.8) is 0 Å². The normalized spacial score (nSPS) is 24.5. The molecule has 6 fully saturated rings. The lowest BCUT2D eigenvalue weighted by Crippen LogP contribution is -2.59. The van der Waals surface area contributed by atoms with E-state index in [-0.39, 0.29) is 87.2 Å². The van der Waals surface area contributed by atoms with Gasteiger partial charge in [0.1, 0.15) is 81.8 Å². The van der Waals surface area contributed by atoms with Gasteiger partial charge < -0.3 is 81.5 Å². The number of carbonyl (C=O) groups is 8. The fraction of sp³-hybridized carbons (Fsp3) is 0.596. The number of rotatable bonds is 24. The molecule has 718 valence electrons. The molecule has 4 saturated heterocycles. The van der Waals surface area contributed by atoms with Crippen molar-refractivity contribution in [2.24, 2.45) is 22.7 Å². The summed E-state index contributed by atoms with van der Waals surface area (Å²) in [7, 11) is -2.83. The molecule has 7 aliphatic rings. The number of nitrogens with zero attached hydrogens (tertiary/aromatic N) is 8. The van der Waals surface area contributed by atoms with E-state index in [0.29, 0.717) is 113 Å². The van der Waals surface area contributed by atoms with E-state index in [9.17, 15) is 60.6 Å². The molecule has 3 aromatic carbocycles. The van der Waals surface area contributed by atoms with Crippen LogP contribution in [0, 0.1) is 22.7 Å². The summed E-state index contributed by atoms with van der Waals surface area (Å²) >= 11 is 2.90. The van der Waals surface area contributed by atoms with Gasteiger partial charge in [0, 0.05) is 109 Å². The van der Waals surface area contributed by atoms with Crippen LogP contribution in [0.1, 0.15) is 204 Å². The first-order valence-corrected chi connectivity index (χ1v) is 50.8. The van der Waals surface area contributed by atoms with Crippen molar-refractivity contribution in [1.29, 1.82) is 0 Å². The zero-order valence-corrected chi connectivity index (χ0v) is 81.5. The van der Waals surface area contributed by atoms with Crippen LogP contribution in [0.3, 0.4) is 0 Å². The van der Waals surface area contributed by atoms with Crippen LogP contribution in [0.25, 0.3) is 44.6 Å². The van der Waals surface area contributed by atoms with Crippen molar-refractivity contribution in [1.82, 2.24) is 70.2 Å². The Hall–Kier alpha value is -10.3. The predicted molar refractivity (Wildman–Crippen MR) is 506 cm³/mol. The van der Waals surface area contributed by atoms with Crippen LogP contribution < -0.4 is 61.5 Å². The fourth-order valence-corrected chi connectivity index (χ4v) is 22.8. The molecule has 2 aliphatic carbocycles. The zero-order chi connectivity index (χ0) is 95.3. The third-order valence-corrected chi connectivity index (χ3v) is 32.1. The van der Waals surface area contributed by atoms with Crippen molar-refractivity contribution in [3.05, 3.63) is 89.1 Å². The van der Waals surface area contributed by atoms with Gasteiger partial charge in [0.15, 0.2) is 10.3 Å². The summed E-state index contributed by atoms with van der Waals surface area (Å²) in [6.07, 6.45) is 9.55. The zero-order valence-electron chi connectivity index (χ0n) is 78.2. The molecule has 7 aromatic rings. The number of hydrogen-bond acceptors (Lipinski definition) is 24. The largest absolute Gasteiger partial charge is 0.497 e. The summed E-state index contributed by atoms with van der Waals surface area (Å²) in [4.78, 5) is 135. The minimum absolute atomic E-state index is 0.00636. The number of pyridine rings is 2. The van der Waals surface area contributed by atoms with Gasteiger partial charge in [0.2, 0.25) is 43.7 Å². The summed E-state index contributed by atoms with van der Waals surface area (Å²) in [5.41, 5.74) is 0.259. The number of aliphatic carboxylic acids is 2. The van der Waals surface area contributed by atoms with E-state index in [1.54, 1.807) is 76.6 Å². The lowest BCUT2D eigenvalue weighted by Gasteiger charge is -2.37. The number of nitrogens with one attached hydrogen (secondary N) is 8. The van der Waals surface area contributed by atoms with E-state index in [1.807, 2.05) is 104 Å². The number of carbonyl (C=O) groups excluding carboxylic acids is 6. The summed E-state index contributed by atoms with van der Waals surface area (Å²) in [6.45, 7) is 23.0. The number of anilines is 2. The second-order valence-corrected chi connectivity index (χ2v) is 45.4. The maximum Gasteiger partial charge on any atom is 0.329 e. The van der Waals surface area contributed by atoms with Crippen LogP contribution in [-0.2, 0) is 55.2 Å². The third-order valence-electron chi connectivity index (χ3n) is 26.3. The van der Waals surface area contributed by atoms with E-state index in [1.165, 1.54) is 48.1 Å². The molecule has 10 N–H and O–H groups in total. The average Bonchev–Trinajstić information content (AvgIpc) is 1.58. The van der Waals surface area contributed by atoms with E-state index in [2.05, 4.69) is 42.5 Å². The molecular formula is C94H130N16O18S4. The first-order valence-electron chi connectivity index (χ1n) is 46.1.